The predicted molar refractivity (Wildman–Crippen MR) is 92.3 cm³/mol. The smallest absolute Gasteiger partial charge is 0.339 e. The van der Waals surface area contributed by atoms with E-state index < -0.39 is 17.8 Å². The van der Waals surface area contributed by atoms with Crippen LogP contribution in [0.25, 0.3) is 11.4 Å². The topological polar surface area (TPSA) is 84.2 Å². The summed E-state index contributed by atoms with van der Waals surface area (Å²) in [5.41, 5.74) is 0.252. The van der Waals surface area contributed by atoms with Crippen LogP contribution in [-0.2, 0) is 6.18 Å². The Balaban J connectivity index is 1.33. The molecule has 1 aliphatic rings. The Morgan fingerprint density at radius 1 is 1.18 bits per heavy atom. The number of rotatable bonds is 3. The second-order valence-electron chi connectivity index (χ2n) is 6.31. The minimum absolute atomic E-state index is 0.0868. The molecule has 0 radical (unpaired) electrons. The van der Waals surface area contributed by atoms with Gasteiger partial charge in [0.1, 0.15) is 0 Å². The van der Waals surface area contributed by atoms with Gasteiger partial charge in [-0.25, -0.2) is 4.79 Å². The molecule has 4 rings (SSSR count). The average molecular weight is 389 g/mol. The molecule has 1 aromatic carbocycles. The molecule has 0 atom stereocenters. The van der Waals surface area contributed by atoms with E-state index in [1.54, 1.807) is 18.5 Å². The standard InChI is InChI=1S/C18H14F3N5O2/c19-18(20,21)13-3-5-14(6-4-13)23-17(27)26-9-12(10-26)16-24-15(25-28-16)11-2-1-7-22-8-11/h1-8,12H,9-10H2,(H,23,27). The number of carbonyl (C=O) groups is 1. The summed E-state index contributed by atoms with van der Waals surface area (Å²) >= 11 is 0. The summed E-state index contributed by atoms with van der Waals surface area (Å²) < 4.78 is 43.0. The van der Waals surface area contributed by atoms with Gasteiger partial charge < -0.3 is 14.7 Å². The van der Waals surface area contributed by atoms with Crippen LogP contribution in [-0.4, -0.2) is 39.1 Å². The third-order valence-corrected chi connectivity index (χ3v) is 4.34. The van der Waals surface area contributed by atoms with Gasteiger partial charge in [-0.15, -0.1) is 0 Å². The normalized spacial score (nSPS) is 14.6. The average Bonchev–Trinajstić information content (AvgIpc) is 3.10. The Hall–Kier alpha value is -3.43. The summed E-state index contributed by atoms with van der Waals surface area (Å²) in [6, 6.07) is 7.46. The van der Waals surface area contributed by atoms with Gasteiger partial charge in [0.05, 0.1) is 11.5 Å². The van der Waals surface area contributed by atoms with Crippen molar-refractivity contribution in [3.63, 3.8) is 0 Å². The number of hydrogen-bond acceptors (Lipinski definition) is 5. The third kappa shape index (κ3) is 3.66. The highest BCUT2D eigenvalue weighted by atomic mass is 19.4. The molecule has 3 aromatic rings. The van der Waals surface area contributed by atoms with Gasteiger partial charge in [-0.1, -0.05) is 5.16 Å². The second-order valence-corrected chi connectivity index (χ2v) is 6.31. The Bertz CT molecular complexity index is 967. The molecule has 7 nitrogen and oxygen atoms in total. The molecule has 0 spiro atoms. The molecule has 28 heavy (non-hydrogen) atoms. The van der Waals surface area contributed by atoms with E-state index in [4.69, 9.17) is 4.52 Å². The predicted octanol–water partition coefficient (Wildman–Crippen LogP) is 3.78. The molecule has 1 saturated heterocycles. The van der Waals surface area contributed by atoms with E-state index in [1.807, 2.05) is 6.07 Å². The van der Waals surface area contributed by atoms with Crippen molar-refractivity contribution >= 4 is 11.7 Å². The number of nitrogens with one attached hydrogen (secondary N) is 1. The largest absolute Gasteiger partial charge is 0.416 e. The van der Waals surface area contributed by atoms with Gasteiger partial charge in [0.15, 0.2) is 0 Å². The number of carbonyl (C=O) groups excluding carboxylic acids is 1. The van der Waals surface area contributed by atoms with Crippen LogP contribution >= 0.6 is 0 Å². The summed E-state index contributed by atoms with van der Waals surface area (Å²) in [6.45, 7) is 0.752. The van der Waals surface area contributed by atoms with Crippen LogP contribution in [0.2, 0.25) is 0 Å². The highest BCUT2D eigenvalue weighted by molar-refractivity contribution is 5.90. The lowest BCUT2D eigenvalue weighted by molar-refractivity contribution is -0.137. The van der Waals surface area contributed by atoms with Gasteiger partial charge in [0.2, 0.25) is 11.7 Å². The van der Waals surface area contributed by atoms with E-state index >= 15 is 0 Å². The molecule has 0 saturated carbocycles. The number of amides is 2. The zero-order valence-electron chi connectivity index (χ0n) is 14.3. The Morgan fingerprint density at radius 3 is 2.57 bits per heavy atom. The molecule has 144 valence electrons. The maximum Gasteiger partial charge on any atom is 0.416 e. The molecule has 0 unspecified atom stereocenters. The fraction of sp³-hybridized carbons (Fsp3) is 0.222. The quantitative estimate of drug-likeness (QED) is 0.737. The molecule has 1 fully saturated rings. The zero-order valence-corrected chi connectivity index (χ0v) is 14.3. The summed E-state index contributed by atoms with van der Waals surface area (Å²) in [7, 11) is 0. The van der Waals surface area contributed by atoms with Gasteiger partial charge in [0.25, 0.3) is 0 Å². The molecule has 2 aromatic heterocycles. The van der Waals surface area contributed by atoms with Crippen LogP contribution in [0.3, 0.4) is 0 Å². The SMILES string of the molecule is O=C(Nc1ccc(C(F)(F)F)cc1)N1CC(c2nc(-c3cccnc3)no2)C1. The lowest BCUT2D eigenvalue weighted by Crippen LogP contribution is -2.50. The fourth-order valence-corrected chi connectivity index (χ4v) is 2.76. The minimum atomic E-state index is -4.41. The molecule has 2 amide bonds. The van der Waals surface area contributed by atoms with Crippen LogP contribution in [0, 0.1) is 0 Å². The zero-order chi connectivity index (χ0) is 19.7. The van der Waals surface area contributed by atoms with Crippen LogP contribution in [0.15, 0.2) is 53.3 Å². The van der Waals surface area contributed by atoms with E-state index in [2.05, 4.69) is 20.4 Å². The molecule has 10 heteroatoms. The number of benzene rings is 1. The van der Waals surface area contributed by atoms with Gasteiger partial charge in [-0.3, -0.25) is 4.98 Å². The van der Waals surface area contributed by atoms with Crippen LogP contribution in [0.1, 0.15) is 17.4 Å². The van der Waals surface area contributed by atoms with Crippen molar-refractivity contribution in [1.82, 2.24) is 20.0 Å². The van der Waals surface area contributed by atoms with Crippen LogP contribution < -0.4 is 5.32 Å². The molecule has 0 aliphatic carbocycles. The molecular formula is C18H14F3N5O2. The Labute approximate surface area is 157 Å². The molecular weight excluding hydrogens is 375 g/mol. The first-order chi connectivity index (χ1) is 13.4. The summed E-state index contributed by atoms with van der Waals surface area (Å²) in [5, 5.41) is 6.49. The minimum Gasteiger partial charge on any atom is -0.339 e. The molecule has 0 bridgehead atoms. The first-order valence-electron chi connectivity index (χ1n) is 8.37. The van der Waals surface area contributed by atoms with Crippen molar-refractivity contribution < 1.29 is 22.5 Å². The van der Waals surface area contributed by atoms with E-state index in [0.29, 0.717) is 24.8 Å². The number of anilines is 1. The van der Waals surface area contributed by atoms with E-state index in [-0.39, 0.29) is 11.6 Å². The molecule has 1 aliphatic heterocycles. The van der Waals surface area contributed by atoms with Crippen LogP contribution in [0.5, 0.6) is 0 Å². The highest BCUT2D eigenvalue weighted by Crippen LogP contribution is 2.31. The number of likely N-dealkylation sites (tertiary alicyclic amines) is 1. The number of hydrogen-bond donors (Lipinski definition) is 1. The van der Waals surface area contributed by atoms with Gasteiger partial charge in [0, 0.05) is 36.7 Å². The first kappa shape index (κ1) is 18.0. The van der Waals surface area contributed by atoms with Crippen LogP contribution in [0.4, 0.5) is 23.7 Å². The highest BCUT2D eigenvalue weighted by Gasteiger charge is 2.36. The van der Waals surface area contributed by atoms with Gasteiger partial charge in [-0.2, -0.15) is 18.2 Å². The molecule has 3 heterocycles. The van der Waals surface area contributed by atoms with Crippen molar-refractivity contribution in [2.24, 2.45) is 0 Å². The van der Waals surface area contributed by atoms with Gasteiger partial charge in [-0.05, 0) is 36.4 Å². The number of aromatic nitrogens is 3. The fourth-order valence-electron chi connectivity index (χ4n) is 2.76. The summed E-state index contributed by atoms with van der Waals surface area (Å²) in [4.78, 5) is 22.0. The van der Waals surface area contributed by atoms with Crippen molar-refractivity contribution in [3.05, 3.63) is 60.2 Å². The Kier molecular flexibility index (Phi) is 4.46. The number of pyridine rings is 1. The van der Waals surface area contributed by atoms with E-state index in [1.165, 1.54) is 17.0 Å². The van der Waals surface area contributed by atoms with E-state index in [0.717, 1.165) is 17.7 Å². The molecule has 1 N–H and O–H groups in total. The number of alkyl halides is 3. The third-order valence-electron chi connectivity index (χ3n) is 4.34. The van der Waals surface area contributed by atoms with Gasteiger partial charge >= 0.3 is 12.2 Å². The van der Waals surface area contributed by atoms with Crippen molar-refractivity contribution in [2.75, 3.05) is 18.4 Å². The van der Waals surface area contributed by atoms with Crippen molar-refractivity contribution in [1.29, 1.82) is 0 Å². The number of halogens is 3. The second kappa shape index (κ2) is 6.95. The summed E-state index contributed by atoms with van der Waals surface area (Å²) in [5.74, 6) is 0.768. The lowest BCUT2D eigenvalue weighted by atomic mass is 10.0. The number of nitrogens with zero attached hydrogens (tertiary/aromatic N) is 4. The van der Waals surface area contributed by atoms with Crippen molar-refractivity contribution in [2.45, 2.75) is 12.1 Å². The van der Waals surface area contributed by atoms with Crippen molar-refractivity contribution in [3.8, 4) is 11.4 Å². The van der Waals surface area contributed by atoms with E-state index in [9.17, 15) is 18.0 Å². The maximum absolute atomic E-state index is 12.6. The Morgan fingerprint density at radius 2 is 1.93 bits per heavy atom. The first-order valence-corrected chi connectivity index (χ1v) is 8.37. The monoisotopic (exact) mass is 389 g/mol. The maximum atomic E-state index is 12.6. The lowest BCUT2D eigenvalue weighted by Gasteiger charge is -2.36. The summed E-state index contributed by atoms with van der Waals surface area (Å²) in [6.07, 6.45) is -1.14. The number of urea groups is 1.